The molecule has 22 heavy (non-hydrogen) atoms. The van der Waals surface area contributed by atoms with E-state index in [9.17, 15) is 4.79 Å². The summed E-state index contributed by atoms with van der Waals surface area (Å²) in [5.74, 6) is 0.473. The lowest BCUT2D eigenvalue weighted by atomic mass is 10.1. The smallest absolute Gasteiger partial charge is 0.262 e. The van der Waals surface area contributed by atoms with Gasteiger partial charge in [-0.3, -0.25) is 9.48 Å². The third-order valence-electron chi connectivity index (χ3n) is 3.38. The second-order valence-electron chi connectivity index (χ2n) is 5.15. The summed E-state index contributed by atoms with van der Waals surface area (Å²) in [6.45, 7) is 1.81. The van der Waals surface area contributed by atoms with Crippen LogP contribution in [0.5, 0.6) is 5.75 Å². The number of rotatable bonds is 4. The number of fused-ring (bicyclic) bond motifs is 1. The molecule has 1 heterocycles. The summed E-state index contributed by atoms with van der Waals surface area (Å²) in [6, 6.07) is 13.8. The zero-order valence-corrected chi connectivity index (χ0v) is 12.5. The molecule has 1 N–H and O–H groups in total. The first-order chi connectivity index (χ1) is 10.6. The Hall–Kier alpha value is -2.82. The van der Waals surface area contributed by atoms with Crippen LogP contribution in [0.15, 0.2) is 48.7 Å². The monoisotopic (exact) mass is 295 g/mol. The zero-order chi connectivity index (χ0) is 15.5. The quantitative estimate of drug-likeness (QED) is 0.805. The lowest BCUT2D eigenvalue weighted by molar-refractivity contribution is -0.118. The van der Waals surface area contributed by atoms with Crippen LogP contribution in [0, 0.1) is 6.92 Å². The molecule has 0 fully saturated rings. The maximum atomic E-state index is 11.9. The number of anilines is 1. The summed E-state index contributed by atoms with van der Waals surface area (Å²) < 4.78 is 7.22. The Labute approximate surface area is 128 Å². The van der Waals surface area contributed by atoms with Gasteiger partial charge in [-0.2, -0.15) is 5.10 Å². The molecule has 0 aliphatic heterocycles. The molecule has 0 aliphatic rings. The number of ether oxygens (including phenoxy) is 1. The van der Waals surface area contributed by atoms with Gasteiger partial charge in [0.15, 0.2) is 6.61 Å². The third-order valence-corrected chi connectivity index (χ3v) is 3.38. The molecule has 112 valence electrons. The third kappa shape index (κ3) is 3.09. The predicted octanol–water partition coefficient (Wildman–Crippen LogP) is 2.90. The van der Waals surface area contributed by atoms with Crippen LogP contribution < -0.4 is 10.1 Å². The number of carbonyl (C=O) groups is 1. The van der Waals surface area contributed by atoms with Gasteiger partial charge in [0, 0.05) is 13.2 Å². The van der Waals surface area contributed by atoms with Gasteiger partial charge in [-0.1, -0.05) is 30.3 Å². The van der Waals surface area contributed by atoms with Crippen molar-refractivity contribution in [2.45, 2.75) is 6.92 Å². The van der Waals surface area contributed by atoms with Crippen molar-refractivity contribution in [2.75, 3.05) is 11.9 Å². The Kier molecular flexibility index (Phi) is 3.78. The molecule has 0 atom stereocenters. The van der Waals surface area contributed by atoms with E-state index in [4.69, 9.17) is 4.74 Å². The summed E-state index contributed by atoms with van der Waals surface area (Å²) >= 11 is 0. The fourth-order valence-electron chi connectivity index (χ4n) is 2.31. The number of nitrogens with zero attached hydrogens (tertiary/aromatic N) is 2. The summed E-state index contributed by atoms with van der Waals surface area (Å²) in [6.07, 6.45) is 1.77. The van der Waals surface area contributed by atoms with Crippen LogP contribution in [0.4, 0.5) is 5.69 Å². The molecule has 5 nitrogen and oxygen atoms in total. The second kappa shape index (κ2) is 5.89. The number of amides is 1. The summed E-state index contributed by atoms with van der Waals surface area (Å²) in [7, 11) is 1.81. The number of hydrogen-bond donors (Lipinski definition) is 1. The second-order valence-corrected chi connectivity index (χ2v) is 5.15. The molecule has 0 saturated carbocycles. The van der Waals surface area contributed by atoms with Crippen molar-refractivity contribution in [1.29, 1.82) is 0 Å². The average molecular weight is 295 g/mol. The van der Waals surface area contributed by atoms with Crippen molar-refractivity contribution >= 4 is 22.4 Å². The lowest BCUT2D eigenvalue weighted by Gasteiger charge is -2.07. The highest BCUT2D eigenvalue weighted by molar-refractivity contribution is 5.92. The topological polar surface area (TPSA) is 56.2 Å². The van der Waals surface area contributed by atoms with Crippen molar-refractivity contribution in [3.05, 3.63) is 54.4 Å². The SMILES string of the molecule is Cc1nn(C)cc1NC(=O)COc1ccc2ccccc2c1. The highest BCUT2D eigenvalue weighted by Crippen LogP contribution is 2.20. The van der Waals surface area contributed by atoms with Gasteiger partial charge in [-0.05, 0) is 29.8 Å². The minimum Gasteiger partial charge on any atom is -0.484 e. The molecule has 0 unspecified atom stereocenters. The van der Waals surface area contributed by atoms with E-state index in [1.54, 1.807) is 10.9 Å². The molecule has 0 spiro atoms. The standard InChI is InChI=1S/C17H17N3O2/c1-12-16(10-20(2)19-12)18-17(21)11-22-15-8-7-13-5-3-4-6-14(13)9-15/h3-10H,11H2,1-2H3,(H,18,21). The number of nitrogens with one attached hydrogen (secondary N) is 1. The van der Waals surface area contributed by atoms with Gasteiger partial charge in [0.2, 0.25) is 0 Å². The molecule has 0 saturated heterocycles. The maximum Gasteiger partial charge on any atom is 0.262 e. The Morgan fingerprint density at radius 2 is 2.00 bits per heavy atom. The Bertz CT molecular complexity index is 824. The minimum atomic E-state index is -0.204. The van der Waals surface area contributed by atoms with Crippen LogP contribution >= 0.6 is 0 Å². The van der Waals surface area contributed by atoms with Gasteiger partial charge < -0.3 is 10.1 Å². The molecule has 1 aromatic heterocycles. The van der Waals surface area contributed by atoms with E-state index in [1.165, 1.54) is 0 Å². The molecule has 0 aliphatic carbocycles. The molecule has 5 heteroatoms. The number of carbonyl (C=O) groups excluding carboxylic acids is 1. The van der Waals surface area contributed by atoms with Crippen LogP contribution in [-0.2, 0) is 11.8 Å². The van der Waals surface area contributed by atoms with Crippen molar-refractivity contribution in [3.8, 4) is 5.75 Å². The van der Waals surface area contributed by atoms with Gasteiger partial charge >= 0.3 is 0 Å². The number of aryl methyl sites for hydroxylation is 2. The van der Waals surface area contributed by atoms with Crippen LogP contribution in [0.25, 0.3) is 10.8 Å². The molecule has 3 rings (SSSR count). The van der Waals surface area contributed by atoms with Crippen molar-refractivity contribution < 1.29 is 9.53 Å². The fraction of sp³-hybridized carbons (Fsp3) is 0.176. The normalized spacial score (nSPS) is 10.6. The molecule has 0 bridgehead atoms. The zero-order valence-electron chi connectivity index (χ0n) is 12.5. The van der Waals surface area contributed by atoms with Crippen LogP contribution in [-0.4, -0.2) is 22.3 Å². The first-order valence-corrected chi connectivity index (χ1v) is 7.03. The average Bonchev–Trinajstić information content (AvgIpc) is 2.82. The fourth-order valence-corrected chi connectivity index (χ4v) is 2.31. The predicted molar refractivity (Wildman–Crippen MR) is 86.0 cm³/mol. The Morgan fingerprint density at radius 1 is 1.23 bits per heavy atom. The molecular formula is C17H17N3O2. The molecular weight excluding hydrogens is 278 g/mol. The Balaban J connectivity index is 1.63. The molecule has 3 aromatic rings. The summed E-state index contributed by atoms with van der Waals surface area (Å²) in [4.78, 5) is 11.9. The number of hydrogen-bond acceptors (Lipinski definition) is 3. The van der Waals surface area contributed by atoms with Crippen LogP contribution in [0.2, 0.25) is 0 Å². The van der Waals surface area contributed by atoms with E-state index in [0.29, 0.717) is 11.4 Å². The minimum absolute atomic E-state index is 0.0350. The van der Waals surface area contributed by atoms with Crippen molar-refractivity contribution in [3.63, 3.8) is 0 Å². The Morgan fingerprint density at radius 3 is 2.73 bits per heavy atom. The lowest BCUT2D eigenvalue weighted by Crippen LogP contribution is -2.20. The molecule has 0 radical (unpaired) electrons. The van der Waals surface area contributed by atoms with Gasteiger partial charge in [-0.25, -0.2) is 0 Å². The summed E-state index contributed by atoms with van der Waals surface area (Å²) in [5.41, 5.74) is 1.48. The maximum absolute atomic E-state index is 11.9. The first kappa shape index (κ1) is 14.1. The van der Waals surface area contributed by atoms with Crippen molar-refractivity contribution in [2.24, 2.45) is 7.05 Å². The highest BCUT2D eigenvalue weighted by Gasteiger charge is 2.08. The highest BCUT2D eigenvalue weighted by atomic mass is 16.5. The van der Waals surface area contributed by atoms with E-state index in [0.717, 1.165) is 16.5 Å². The largest absolute Gasteiger partial charge is 0.484 e. The number of aromatic nitrogens is 2. The molecule has 1 amide bonds. The van der Waals surface area contributed by atoms with E-state index in [2.05, 4.69) is 10.4 Å². The van der Waals surface area contributed by atoms with Crippen LogP contribution in [0.3, 0.4) is 0 Å². The van der Waals surface area contributed by atoms with Gasteiger partial charge in [0.1, 0.15) is 5.75 Å². The number of benzene rings is 2. The van der Waals surface area contributed by atoms with E-state index < -0.39 is 0 Å². The van der Waals surface area contributed by atoms with Gasteiger partial charge in [0.05, 0.1) is 11.4 Å². The van der Waals surface area contributed by atoms with Crippen LogP contribution in [0.1, 0.15) is 5.69 Å². The van der Waals surface area contributed by atoms with Gasteiger partial charge in [0.25, 0.3) is 5.91 Å². The molecule has 2 aromatic carbocycles. The van der Waals surface area contributed by atoms with Crippen molar-refractivity contribution in [1.82, 2.24) is 9.78 Å². The summed E-state index contributed by atoms with van der Waals surface area (Å²) in [5, 5.41) is 9.20. The van der Waals surface area contributed by atoms with E-state index in [1.807, 2.05) is 56.4 Å². The van der Waals surface area contributed by atoms with Gasteiger partial charge in [-0.15, -0.1) is 0 Å². The first-order valence-electron chi connectivity index (χ1n) is 7.03. The van der Waals surface area contributed by atoms with E-state index in [-0.39, 0.29) is 12.5 Å². The van der Waals surface area contributed by atoms with E-state index >= 15 is 0 Å².